The number of H-pyrrole nitrogens is 1. The number of carbonyl (C=O) groups excluding carboxylic acids is 3. The predicted octanol–water partition coefficient (Wildman–Crippen LogP) is 2.34. The molecular weight excluding hydrogens is 492 g/mol. The minimum atomic E-state index is -3.37. The van der Waals surface area contributed by atoms with Gasteiger partial charge in [-0.25, -0.2) is 28.1 Å². The normalized spacial score (nSPS) is 18.1. The van der Waals surface area contributed by atoms with Crippen LogP contribution >= 0.6 is 0 Å². The molecule has 3 aromatic rings. The number of rotatable bonds is 7. The van der Waals surface area contributed by atoms with E-state index in [1.165, 1.54) is 12.1 Å². The molecule has 2 aromatic carbocycles. The summed E-state index contributed by atoms with van der Waals surface area (Å²) in [7, 11) is 0.986. The second kappa shape index (κ2) is 10.3. The molecule has 2 N–H and O–H groups in total. The van der Waals surface area contributed by atoms with Gasteiger partial charge < -0.3 is 19.2 Å². The molecule has 0 unspecified atom stereocenters. The van der Waals surface area contributed by atoms with E-state index in [-0.39, 0.29) is 12.2 Å². The van der Waals surface area contributed by atoms with Crippen molar-refractivity contribution in [3.8, 4) is 5.75 Å². The molecule has 1 fully saturated rings. The Hall–Kier alpha value is -4.45. The average molecular weight is 513 g/mol. The van der Waals surface area contributed by atoms with Gasteiger partial charge in [0.1, 0.15) is 12.4 Å². The highest BCUT2D eigenvalue weighted by atomic mass is 19.3. The zero-order chi connectivity index (χ0) is 26.6. The molecule has 1 aliphatic rings. The van der Waals surface area contributed by atoms with Crippen molar-refractivity contribution >= 4 is 17.9 Å². The maximum Gasteiger partial charge on any atom is 0.360 e. The second-order valence-corrected chi connectivity index (χ2v) is 8.19. The molecule has 1 saturated heterocycles. The van der Waals surface area contributed by atoms with Crippen LogP contribution in [-0.4, -0.2) is 47.5 Å². The first-order valence-electron chi connectivity index (χ1n) is 11.0. The molecule has 192 valence electrons. The summed E-state index contributed by atoms with van der Waals surface area (Å²) in [5, 5.41) is 2.39. The third-order valence-electron chi connectivity index (χ3n) is 5.60. The zero-order valence-corrected chi connectivity index (χ0v) is 19.5. The standard InChI is InChI=1S/C25H21F2N3O7/c1-35-21(33)17-18(37-20(32)16-10-6-3-7-11-16)19(31)30-22(29-17)25(13-24(26,27)14-28-25)23(34)36-12-15-8-4-2-5-9-15/h2-11,28H,12-14H2,1H3,(H,29,30,31)/t25-/m0/s1. The van der Waals surface area contributed by atoms with Gasteiger partial charge in [-0.15, -0.1) is 0 Å². The molecule has 1 aliphatic heterocycles. The molecule has 4 rings (SSSR count). The number of esters is 3. The van der Waals surface area contributed by atoms with Gasteiger partial charge in [-0.3, -0.25) is 10.1 Å². The molecule has 12 heteroatoms. The van der Waals surface area contributed by atoms with Gasteiger partial charge in [-0.2, -0.15) is 0 Å². The van der Waals surface area contributed by atoms with Crippen molar-refractivity contribution in [3.63, 3.8) is 0 Å². The van der Waals surface area contributed by atoms with E-state index in [9.17, 15) is 28.0 Å². The van der Waals surface area contributed by atoms with E-state index in [1.807, 2.05) is 0 Å². The first-order valence-corrected chi connectivity index (χ1v) is 11.0. The van der Waals surface area contributed by atoms with Crippen LogP contribution in [0.4, 0.5) is 8.78 Å². The van der Waals surface area contributed by atoms with Gasteiger partial charge in [-0.05, 0) is 17.7 Å². The van der Waals surface area contributed by atoms with Gasteiger partial charge >= 0.3 is 17.9 Å². The molecule has 2 heterocycles. The molecule has 0 amide bonds. The summed E-state index contributed by atoms with van der Waals surface area (Å²) in [6.45, 7) is -1.16. The van der Waals surface area contributed by atoms with Crippen LogP contribution in [0, 0.1) is 0 Å². The van der Waals surface area contributed by atoms with Crippen LogP contribution in [0.3, 0.4) is 0 Å². The lowest BCUT2D eigenvalue weighted by molar-refractivity contribution is -0.154. The summed E-state index contributed by atoms with van der Waals surface area (Å²) >= 11 is 0. The van der Waals surface area contributed by atoms with Crippen LogP contribution in [-0.2, 0) is 26.4 Å². The third kappa shape index (κ3) is 5.38. The van der Waals surface area contributed by atoms with E-state index in [2.05, 4.69) is 20.0 Å². The van der Waals surface area contributed by atoms with Crippen LogP contribution in [0.25, 0.3) is 0 Å². The number of hydrogen-bond donors (Lipinski definition) is 2. The summed E-state index contributed by atoms with van der Waals surface area (Å²) in [6, 6.07) is 16.1. The van der Waals surface area contributed by atoms with E-state index < -0.39 is 65.2 Å². The average Bonchev–Trinajstić information content (AvgIpc) is 3.25. The molecule has 10 nitrogen and oxygen atoms in total. The number of ether oxygens (including phenoxy) is 3. The highest BCUT2D eigenvalue weighted by Crippen LogP contribution is 2.39. The molecule has 1 atom stereocenters. The molecular formula is C25H21F2N3O7. The number of methoxy groups -OCH3 is 1. The van der Waals surface area contributed by atoms with Crippen molar-refractivity contribution in [2.24, 2.45) is 0 Å². The largest absolute Gasteiger partial charge is 0.464 e. The Bertz CT molecular complexity index is 1380. The molecule has 0 bridgehead atoms. The molecule has 0 saturated carbocycles. The molecule has 1 aromatic heterocycles. The van der Waals surface area contributed by atoms with Gasteiger partial charge in [-0.1, -0.05) is 48.5 Å². The lowest BCUT2D eigenvalue weighted by Gasteiger charge is -2.26. The zero-order valence-electron chi connectivity index (χ0n) is 19.5. The fourth-order valence-corrected chi connectivity index (χ4v) is 3.77. The number of nitrogens with one attached hydrogen (secondary N) is 2. The summed E-state index contributed by atoms with van der Waals surface area (Å²) < 4.78 is 43.8. The van der Waals surface area contributed by atoms with E-state index >= 15 is 0 Å². The Morgan fingerprint density at radius 3 is 2.24 bits per heavy atom. The smallest absolute Gasteiger partial charge is 0.360 e. The number of aromatic amines is 1. The highest BCUT2D eigenvalue weighted by molar-refractivity contribution is 5.95. The van der Waals surface area contributed by atoms with Crippen molar-refractivity contribution in [1.29, 1.82) is 0 Å². The Kier molecular flexibility index (Phi) is 7.11. The van der Waals surface area contributed by atoms with Crippen LogP contribution in [0.2, 0.25) is 0 Å². The van der Waals surface area contributed by atoms with Crippen molar-refractivity contribution in [2.75, 3.05) is 13.7 Å². The van der Waals surface area contributed by atoms with Crippen molar-refractivity contribution in [3.05, 3.63) is 93.7 Å². The number of alkyl halides is 2. The fourth-order valence-electron chi connectivity index (χ4n) is 3.77. The van der Waals surface area contributed by atoms with E-state index in [0.29, 0.717) is 5.56 Å². The number of hydrogen-bond acceptors (Lipinski definition) is 9. The van der Waals surface area contributed by atoms with E-state index in [1.54, 1.807) is 48.5 Å². The summed E-state index contributed by atoms with van der Waals surface area (Å²) in [5.74, 6) is -8.13. The predicted molar refractivity (Wildman–Crippen MR) is 123 cm³/mol. The molecule has 0 radical (unpaired) electrons. The number of nitrogens with zero attached hydrogens (tertiary/aromatic N) is 1. The Labute approximate surface area is 208 Å². The first-order chi connectivity index (χ1) is 17.6. The third-order valence-corrected chi connectivity index (χ3v) is 5.60. The van der Waals surface area contributed by atoms with Crippen LogP contribution in [0.5, 0.6) is 5.75 Å². The fraction of sp³-hybridized carbons (Fsp3) is 0.240. The molecule has 37 heavy (non-hydrogen) atoms. The van der Waals surface area contributed by atoms with Gasteiger partial charge in [0.05, 0.1) is 19.2 Å². The summed E-state index contributed by atoms with van der Waals surface area (Å²) in [5.41, 5.74) is -3.59. The monoisotopic (exact) mass is 513 g/mol. The first kappa shape index (κ1) is 25.6. The van der Waals surface area contributed by atoms with Crippen molar-refractivity contribution in [1.82, 2.24) is 15.3 Å². The number of benzene rings is 2. The lowest BCUT2D eigenvalue weighted by atomic mass is 9.95. The van der Waals surface area contributed by atoms with E-state index in [0.717, 1.165) is 7.11 Å². The van der Waals surface area contributed by atoms with Crippen LogP contribution < -0.4 is 15.6 Å². The van der Waals surface area contributed by atoms with Gasteiger partial charge in [0.15, 0.2) is 11.2 Å². The van der Waals surface area contributed by atoms with Crippen molar-refractivity contribution < 1.29 is 37.4 Å². The number of halogens is 2. The van der Waals surface area contributed by atoms with Gasteiger partial charge in [0.25, 0.3) is 11.5 Å². The van der Waals surface area contributed by atoms with Gasteiger partial charge in [0, 0.05) is 6.42 Å². The summed E-state index contributed by atoms with van der Waals surface area (Å²) in [4.78, 5) is 57.2. The Morgan fingerprint density at radius 1 is 1.00 bits per heavy atom. The number of aromatic nitrogens is 2. The minimum absolute atomic E-state index is 0.0693. The van der Waals surface area contributed by atoms with Crippen LogP contribution in [0.15, 0.2) is 65.5 Å². The second-order valence-electron chi connectivity index (χ2n) is 8.19. The van der Waals surface area contributed by atoms with Gasteiger partial charge in [0.2, 0.25) is 5.75 Å². The Balaban J connectivity index is 1.74. The van der Waals surface area contributed by atoms with Crippen molar-refractivity contribution in [2.45, 2.75) is 24.5 Å². The minimum Gasteiger partial charge on any atom is -0.464 e. The lowest BCUT2D eigenvalue weighted by Crippen LogP contribution is -2.48. The molecule has 0 spiro atoms. The van der Waals surface area contributed by atoms with Crippen LogP contribution in [0.1, 0.15) is 38.7 Å². The summed E-state index contributed by atoms with van der Waals surface area (Å²) in [6.07, 6.45) is -1.11. The van der Waals surface area contributed by atoms with E-state index in [4.69, 9.17) is 9.47 Å². The SMILES string of the molecule is COC(=O)c1nc([C@]2(C(=O)OCc3ccccc3)CC(F)(F)CN2)[nH]c(=O)c1OC(=O)c1ccccc1. The quantitative estimate of drug-likeness (QED) is 0.456. The molecule has 0 aliphatic carbocycles. The maximum atomic E-state index is 14.4. The number of carbonyl (C=O) groups is 3. The Morgan fingerprint density at radius 2 is 1.65 bits per heavy atom. The maximum absolute atomic E-state index is 14.4. The topological polar surface area (TPSA) is 137 Å². The highest BCUT2D eigenvalue weighted by Gasteiger charge is 2.58.